The van der Waals surface area contributed by atoms with Gasteiger partial charge in [0.1, 0.15) is 0 Å². The molecule has 1 aromatic carbocycles. The summed E-state index contributed by atoms with van der Waals surface area (Å²) in [5.41, 5.74) is 12.2. The van der Waals surface area contributed by atoms with E-state index >= 15 is 0 Å². The molecule has 2 aromatic heterocycles. The predicted molar refractivity (Wildman–Crippen MR) is 75.5 cm³/mol. The molecule has 5 heteroatoms. The van der Waals surface area contributed by atoms with Crippen LogP contribution in [-0.4, -0.2) is 19.3 Å². The van der Waals surface area contributed by atoms with Crippen LogP contribution in [-0.2, 0) is 20.6 Å². The number of aryl methyl sites for hydroxylation is 3. The van der Waals surface area contributed by atoms with E-state index < -0.39 is 0 Å². The Bertz CT molecular complexity index is 751. The molecule has 2 heterocycles. The molecule has 0 atom stereocenters. The molecule has 0 aliphatic rings. The monoisotopic (exact) mass is 255 g/mol. The predicted octanol–water partition coefficient (Wildman–Crippen LogP) is 1.74. The molecule has 0 saturated carbocycles. The van der Waals surface area contributed by atoms with Gasteiger partial charge in [0.2, 0.25) is 0 Å². The van der Waals surface area contributed by atoms with Crippen LogP contribution in [0.25, 0.3) is 22.2 Å². The maximum Gasteiger partial charge on any atom is 0.0955 e. The van der Waals surface area contributed by atoms with Crippen LogP contribution in [0.4, 0.5) is 0 Å². The first kappa shape index (κ1) is 11.9. The lowest BCUT2D eigenvalue weighted by molar-refractivity contribution is 0.706. The number of nitrogens with two attached hydrogens (primary N) is 1. The van der Waals surface area contributed by atoms with E-state index in [1.54, 1.807) is 0 Å². The number of hydrogen-bond donors (Lipinski definition) is 1. The third kappa shape index (κ3) is 1.74. The van der Waals surface area contributed by atoms with Gasteiger partial charge in [0.25, 0.3) is 0 Å². The molecule has 0 aliphatic heterocycles. The van der Waals surface area contributed by atoms with Gasteiger partial charge in [-0.05, 0) is 24.6 Å². The highest BCUT2D eigenvalue weighted by Crippen LogP contribution is 2.29. The Balaban J connectivity index is 2.24. The van der Waals surface area contributed by atoms with Crippen molar-refractivity contribution in [3.8, 4) is 11.1 Å². The summed E-state index contributed by atoms with van der Waals surface area (Å²) in [6.07, 6.45) is 1.83. The first-order valence-corrected chi connectivity index (χ1v) is 6.26. The van der Waals surface area contributed by atoms with Crippen molar-refractivity contribution in [1.82, 2.24) is 19.3 Å². The number of imidazole rings is 1. The smallest absolute Gasteiger partial charge is 0.0955 e. The molecule has 0 bridgehead atoms. The number of fused-ring (bicyclic) bond motifs is 1. The molecule has 19 heavy (non-hydrogen) atoms. The van der Waals surface area contributed by atoms with Crippen molar-refractivity contribution in [3.63, 3.8) is 0 Å². The largest absolute Gasteiger partial charge is 0.334 e. The molecule has 0 amide bonds. The molecule has 2 N–H and O–H groups in total. The van der Waals surface area contributed by atoms with Gasteiger partial charge < -0.3 is 10.3 Å². The van der Waals surface area contributed by atoms with Crippen LogP contribution in [0.3, 0.4) is 0 Å². The van der Waals surface area contributed by atoms with Crippen molar-refractivity contribution >= 4 is 11.0 Å². The normalized spacial score (nSPS) is 11.4. The zero-order valence-electron chi connectivity index (χ0n) is 11.4. The Labute approximate surface area is 111 Å². The van der Waals surface area contributed by atoms with Crippen molar-refractivity contribution in [2.24, 2.45) is 19.8 Å². The summed E-state index contributed by atoms with van der Waals surface area (Å²) in [6.45, 7) is 2.49. The minimum Gasteiger partial charge on any atom is -0.334 e. The fraction of sp³-hybridized carbons (Fsp3) is 0.286. The van der Waals surface area contributed by atoms with Gasteiger partial charge in [0.15, 0.2) is 0 Å². The average molecular weight is 255 g/mol. The molecule has 0 radical (unpaired) electrons. The Hall–Kier alpha value is -2.14. The maximum atomic E-state index is 5.84. The molecule has 0 spiro atoms. The second kappa shape index (κ2) is 4.20. The van der Waals surface area contributed by atoms with Crippen LogP contribution in [0.15, 0.2) is 24.5 Å². The van der Waals surface area contributed by atoms with E-state index in [2.05, 4.69) is 28.3 Å². The molecule has 5 nitrogen and oxygen atoms in total. The first-order valence-electron chi connectivity index (χ1n) is 6.26. The van der Waals surface area contributed by atoms with Gasteiger partial charge in [-0.15, -0.1) is 0 Å². The Morgan fingerprint density at radius 3 is 2.79 bits per heavy atom. The lowest BCUT2D eigenvalue weighted by atomic mass is 10.0. The molecule has 0 fully saturated rings. The fourth-order valence-electron chi connectivity index (χ4n) is 2.61. The van der Waals surface area contributed by atoms with Gasteiger partial charge in [-0.25, -0.2) is 4.98 Å². The second-order valence-electron chi connectivity index (χ2n) is 4.79. The highest BCUT2D eigenvalue weighted by atomic mass is 15.3. The van der Waals surface area contributed by atoms with E-state index in [0.29, 0.717) is 6.54 Å². The minimum atomic E-state index is 0.479. The van der Waals surface area contributed by atoms with Crippen molar-refractivity contribution in [2.75, 3.05) is 0 Å². The zero-order valence-corrected chi connectivity index (χ0v) is 11.4. The van der Waals surface area contributed by atoms with Crippen LogP contribution in [0.5, 0.6) is 0 Å². The van der Waals surface area contributed by atoms with E-state index in [1.165, 1.54) is 0 Å². The van der Waals surface area contributed by atoms with Crippen LogP contribution >= 0.6 is 0 Å². The third-order valence-electron chi connectivity index (χ3n) is 3.55. The summed E-state index contributed by atoms with van der Waals surface area (Å²) >= 11 is 0. The van der Waals surface area contributed by atoms with Crippen molar-refractivity contribution < 1.29 is 0 Å². The Morgan fingerprint density at radius 1 is 1.26 bits per heavy atom. The topological polar surface area (TPSA) is 61.7 Å². The van der Waals surface area contributed by atoms with Crippen molar-refractivity contribution in [1.29, 1.82) is 0 Å². The summed E-state index contributed by atoms with van der Waals surface area (Å²) in [7, 11) is 3.92. The van der Waals surface area contributed by atoms with E-state index in [4.69, 9.17) is 5.73 Å². The Kier molecular flexibility index (Phi) is 2.64. The van der Waals surface area contributed by atoms with Crippen LogP contribution in [0.2, 0.25) is 0 Å². The van der Waals surface area contributed by atoms with Gasteiger partial charge in [0, 0.05) is 26.2 Å². The van der Waals surface area contributed by atoms with Gasteiger partial charge in [-0.3, -0.25) is 4.68 Å². The molecule has 0 unspecified atom stereocenters. The molecular formula is C14H17N5. The fourth-order valence-corrected chi connectivity index (χ4v) is 2.61. The van der Waals surface area contributed by atoms with E-state index in [0.717, 1.165) is 33.5 Å². The molecular weight excluding hydrogens is 238 g/mol. The molecule has 0 aliphatic carbocycles. The second-order valence-corrected chi connectivity index (χ2v) is 4.79. The van der Waals surface area contributed by atoms with E-state index in [9.17, 15) is 0 Å². The van der Waals surface area contributed by atoms with Crippen LogP contribution < -0.4 is 5.73 Å². The maximum absolute atomic E-state index is 5.84. The van der Waals surface area contributed by atoms with Gasteiger partial charge in [-0.1, -0.05) is 6.07 Å². The van der Waals surface area contributed by atoms with Crippen LogP contribution in [0, 0.1) is 6.92 Å². The highest BCUT2D eigenvalue weighted by Gasteiger charge is 2.14. The highest BCUT2D eigenvalue weighted by molar-refractivity contribution is 5.83. The third-order valence-corrected chi connectivity index (χ3v) is 3.55. The lowest BCUT2D eigenvalue weighted by Gasteiger charge is -2.05. The number of nitrogens with zero attached hydrogens (tertiary/aromatic N) is 4. The molecule has 3 rings (SSSR count). The minimum absolute atomic E-state index is 0.479. The number of benzene rings is 1. The van der Waals surface area contributed by atoms with E-state index in [1.807, 2.05) is 36.6 Å². The number of hydrogen-bond acceptors (Lipinski definition) is 3. The SMILES string of the molecule is Cc1nn(C)c(CN)c1-c1ccc2c(c1)ncn2C. The average Bonchev–Trinajstić information content (AvgIpc) is 2.89. The molecule has 3 aromatic rings. The number of aromatic nitrogens is 4. The quantitative estimate of drug-likeness (QED) is 0.758. The van der Waals surface area contributed by atoms with E-state index in [-0.39, 0.29) is 0 Å². The summed E-state index contributed by atoms with van der Waals surface area (Å²) in [5, 5.41) is 4.45. The molecule has 0 saturated heterocycles. The van der Waals surface area contributed by atoms with Crippen molar-refractivity contribution in [2.45, 2.75) is 13.5 Å². The van der Waals surface area contributed by atoms with Crippen molar-refractivity contribution in [3.05, 3.63) is 35.9 Å². The summed E-state index contributed by atoms with van der Waals surface area (Å²) in [5.74, 6) is 0. The standard InChI is InChI=1S/C14H17N5/c1-9-14(13(7-15)19(3)17-9)10-4-5-12-11(6-10)16-8-18(12)2/h4-6,8H,7,15H2,1-3H3. The first-order chi connectivity index (χ1) is 9.11. The number of rotatable bonds is 2. The van der Waals surface area contributed by atoms with Crippen LogP contribution in [0.1, 0.15) is 11.4 Å². The zero-order chi connectivity index (χ0) is 13.6. The van der Waals surface area contributed by atoms with Gasteiger partial charge >= 0.3 is 0 Å². The van der Waals surface area contributed by atoms with Gasteiger partial charge in [0.05, 0.1) is 28.7 Å². The van der Waals surface area contributed by atoms with Gasteiger partial charge in [-0.2, -0.15) is 5.10 Å². The Morgan fingerprint density at radius 2 is 2.05 bits per heavy atom. The summed E-state index contributed by atoms with van der Waals surface area (Å²) < 4.78 is 3.87. The summed E-state index contributed by atoms with van der Waals surface area (Å²) in [4.78, 5) is 4.40. The molecule has 98 valence electrons. The lowest BCUT2D eigenvalue weighted by Crippen LogP contribution is -2.05. The summed E-state index contributed by atoms with van der Waals surface area (Å²) in [6, 6.07) is 6.29.